The van der Waals surface area contributed by atoms with Gasteiger partial charge in [0.25, 0.3) is 0 Å². The Labute approximate surface area is 257 Å². The minimum atomic E-state index is -0.398. The van der Waals surface area contributed by atoms with E-state index in [1.807, 2.05) is 97.9 Å². The zero-order valence-corrected chi connectivity index (χ0v) is 25.3. The summed E-state index contributed by atoms with van der Waals surface area (Å²) in [5, 5.41) is 3.65. The van der Waals surface area contributed by atoms with Gasteiger partial charge < -0.3 is 23.9 Å². The predicted octanol–water partition coefficient (Wildman–Crippen LogP) is 7.58. The molecule has 1 aromatic heterocycles. The number of nitrogens with one attached hydrogen (secondary N) is 1. The van der Waals surface area contributed by atoms with Gasteiger partial charge in [-0.1, -0.05) is 72.8 Å². The predicted molar refractivity (Wildman–Crippen MR) is 171 cm³/mol. The number of Topliss-reactive ketones (excluding diaryl/α,β-unsaturated/α-hetero) is 1. The fourth-order valence-corrected chi connectivity index (χ4v) is 5.11. The van der Waals surface area contributed by atoms with E-state index in [4.69, 9.17) is 18.6 Å². The highest BCUT2D eigenvalue weighted by molar-refractivity contribution is 6.03. The van der Waals surface area contributed by atoms with E-state index in [0.717, 1.165) is 27.8 Å². The van der Waals surface area contributed by atoms with Crippen LogP contribution in [0.1, 0.15) is 52.8 Å². The second kappa shape index (κ2) is 13.8. The molecule has 224 valence electrons. The van der Waals surface area contributed by atoms with Crippen molar-refractivity contribution in [2.45, 2.75) is 26.4 Å². The number of methoxy groups -OCH3 is 2. The first-order chi connectivity index (χ1) is 21.4. The molecular weight excluding hydrogens is 554 g/mol. The van der Waals surface area contributed by atoms with Crippen LogP contribution in [-0.4, -0.2) is 32.5 Å². The molecular formula is C37H35NO6. The van der Waals surface area contributed by atoms with Crippen molar-refractivity contribution in [3.8, 4) is 17.2 Å². The van der Waals surface area contributed by atoms with Gasteiger partial charge in [-0.3, -0.25) is 9.59 Å². The van der Waals surface area contributed by atoms with Crippen molar-refractivity contribution in [1.82, 2.24) is 5.32 Å². The Bertz CT molecular complexity index is 1750. The topological polar surface area (TPSA) is 87.0 Å². The molecule has 0 saturated carbocycles. The number of carbonyl (C=O) groups excluding carboxylic acids is 2. The number of benzene rings is 4. The van der Waals surface area contributed by atoms with Crippen LogP contribution < -0.4 is 19.5 Å². The SMILES string of the molecule is COc1ccc(CCNC(=O)/C=C(\C)c2ccc(OC(c3ccccc3)c3ccccc3)c3oc(C(C)=O)cc23)cc1OC. The summed E-state index contributed by atoms with van der Waals surface area (Å²) < 4.78 is 23.3. The quantitative estimate of drug-likeness (QED) is 0.119. The maximum absolute atomic E-state index is 12.9. The van der Waals surface area contributed by atoms with Gasteiger partial charge in [0, 0.05) is 24.9 Å². The van der Waals surface area contributed by atoms with Gasteiger partial charge in [0.05, 0.1) is 14.2 Å². The number of hydrogen-bond donors (Lipinski definition) is 1. The number of ether oxygens (including phenoxy) is 3. The molecule has 0 fully saturated rings. The summed E-state index contributed by atoms with van der Waals surface area (Å²) in [6.07, 6.45) is 1.79. The lowest BCUT2D eigenvalue weighted by atomic mass is 10.00. The molecule has 0 bridgehead atoms. The van der Waals surface area contributed by atoms with Crippen molar-refractivity contribution in [2.75, 3.05) is 20.8 Å². The Morgan fingerprint density at radius 3 is 2.05 bits per heavy atom. The Hall–Kier alpha value is -5.30. The molecule has 0 unspecified atom stereocenters. The zero-order chi connectivity index (χ0) is 31.1. The summed E-state index contributed by atoms with van der Waals surface area (Å²) in [5.74, 6) is 1.61. The molecule has 1 heterocycles. The van der Waals surface area contributed by atoms with E-state index in [0.29, 0.717) is 41.2 Å². The molecule has 0 radical (unpaired) electrons. The number of rotatable bonds is 12. The highest BCUT2D eigenvalue weighted by atomic mass is 16.5. The van der Waals surface area contributed by atoms with E-state index in [1.165, 1.54) is 6.92 Å². The summed E-state index contributed by atoms with van der Waals surface area (Å²) in [7, 11) is 3.19. The molecule has 0 spiro atoms. The molecule has 5 rings (SSSR count). The van der Waals surface area contributed by atoms with Crippen LogP contribution in [0, 0.1) is 0 Å². The average Bonchev–Trinajstić information content (AvgIpc) is 3.51. The second-order valence-electron chi connectivity index (χ2n) is 10.4. The number of furan rings is 1. The highest BCUT2D eigenvalue weighted by Gasteiger charge is 2.22. The average molecular weight is 590 g/mol. The monoisotopic (exact) mass is 589 g/mol. The first-order valence-corrected chi connectivity index (χ1v) is 14.4. The molecule has 4 aromatic carbocycles. The molecule has 1 N–H and O–H groups in total. The Morgan fingerprint density at radius 2 is 1.43 bits per heavy atom. The van der Waals surface area contributed by atoms with E-state index in [1.54, 1.807) is 26.4 Å². The van der Waals surface area contributed by atoms with E-state index in [9.17, 15) is 9.59 Å². The Kier molecular flexibility index (Phi) is 9.45. The molecule has 0 atom stereocenters. The maximum Gasteiger partial charge on any atom is 0.244 e. The largest absolute Gasteiger partial charge is 0.493 e. The van der Waals surface area contributed by atoms with Gasteiger partial charge in [-0.2, -0.15) is 0 Å². The van der Waals surface area contributed by atoms with Crippen LogP contribution in [-0.2, 0) is 11.2 Å². The van der Waals surface area contributed by atoms with Crippen LogP contribution in [0.2, 0.25) is 0 Å². The van der Waals surface area contributed by atoms with Crippen molar-refractivity contribution < 1.29 is 28.2 Å². The number of fused-ring (bicyclic) bond motifs is 1. The Balaban J connectivity index is 1.39. The normalized spacial score (nSPS) is 11.4. The standard InChI is InChI=1S/C37H35NO6/c1-24(21-35(40)38-20-19-26-15-17-31(41-3)34(22-26)42-4)29-16-18-32(37-30(29)23-33(44-37)25(2)39)43-36(27-11-7-5-8-12-27)28-13-9-6-10-14-28/h5-18,21-23,36H,19-20H2,1-4H3,(H,38,40)/b24-21+. The zero-order valence-electron chi connectivity index (χ0n) is 25.3. The van der Waals surface area contributed by atoms with Crippen molar-refractivity contribution in [1.29, 1.82) is 0 Å². The van der Waals surface area contributed by atoms with Crippen LogP contribution in [0.25, 0.3) is 16.5 Å². The highest BCUT2D eigenvalue weighted by Crippen LogP contribution is 2.38. The fourth-order valence-electron chi connectivity index (χ4n) is 5.11. The minimum Gasteiger partial charge on any atom is -0.493 e. The van der Waals surface area contributed by atoms with Crippen LogP contribution in [0.15, 0.2) is 108 Å². The van der Waals surface area contributed by atoms with E-state index in [-0.39, 0.29) is 17.5 Å². The van der Waals surface area contributed by atoms with Gasteiger partial charge in [-0.05, 0) is 65.4 Å². The van der Waals surface area contributed by atoms with Crippen molar-refractivity contribution in [3.05, 3.63) is 131 Å². The smallest absolute Gasteiger partial charge is 0.244 e. The third-order valence-electron chi connectivity index (χ3n) is 7.38. The summed E-state index contributed by atoms with van der Waals surface area (Å²) in [6.45, 7) is 3.77. The third-order valence-corrected chi connectivity index (χ3v) is 7.38. The van der Waals surface area contributed by atoms with E-state index in [2.05, 4.69) is 5.32 Å². The number of ketones is 1. The first kappa shape index (κ1) is 30.2. The summed E-state index contributed by atoms with van der Waals surface area (Å²) in [5.41, 5.74) is 4.93. The van der Waals surface area contributed by atoms with Crippen molar-refractivity contribution in [2.24, 2.45) is 0 Å². The maximum atomic E-state index is 12.9. The molecule has 0 aliphatic carbocycles. The van der Waals surface area contributed by atoms with Crippen molar-refractivity contribution >= 4 is 28.2 Å². The van der Waals surface area contributed by atoms with Crippen LogP contribution in [0.4, 0.5) is 0 Å². The lowest BCUT2D eigenvalue weighted by Gasteiger charge is -2.21. The molecule has 44 heavy (non-hydrogen) atoms. The fraction of sp³-hybridized carbons (Fsp3) is 0.189. The summed E-state index contributed by atoms with van der Waals surface area (Å²) in [6, 6.07) is 31.0. The lowest BCUT2D eigenvalue weighted by molar-refractivity contribution is -0.116. The second-order valence-corrected chi connectivity index (χ2v) is 10.4. The third kappa shape index (κ3) is 6.84. The molecule has 0 aliphatic heterocycles. The number of allylic oxidation sites excluding steroid dienone is 1. The number of hydrogen-bond acceptors (Lipinski definition) is 6. The molecule has 5 aromatic rings. The minimum absolute atomic E-state index is 0.199. The molecule has 0 saturated heterocycles. The van der Waals surface area contributed by atoms with Gasteiger partial charge in [-0.25, -0.2) is 0 Å². The Morgan fingerprint density at radius 1 is 0.795 bits per heavy atom. The van der Waals surface area contributed by atoms with E-state index < -0.39 is 6.10 Å². The van der Waals surface area contributed by atoms with Gasteiger partial charge in [-0.15, -0.1) is 0 Å². The summed E-state index contributed by atoms with van der Waals surface area (Å²) >= 11 is 0. The van der Waals surface area contributed by atoms with Crippen LogP contribution in [0.5, 0.6) is 17.2 Å². The van der Waals surface area contributed by atoms with Gasteiger partial charge in [0.15, 0.2) is 34.4 Å². The molecule has 7 heteroatoms. The summed E-state index contributed by atoms with van der Waals surface area (Å²) in [4.78, 5) is 25.2. The molecule has 1 amide bonds. The van der Waals surface area contributed by atoms with Crippen LogP contribution in [0.3, 0.4) is 0 Å². The molecule has 7 nitrogen and oxygen atoms in total. The molecule has 0 aliphatic rings. The van der Waals surface area contributed by atoms with Gasteiger partial charge >= 0.3 is 0 Å². The first-order valence-electron chi connectivity index (χ1n) is 14.4. The van der Waals surface area contributed by atoms with Crippen molar-refractivity contribution in [3.63, 3.8) is 0 Å². The number of amides is 1. The van der Waals surface area contributed by atoms with E-state index >= 15 is 0 Å². The van der Waals surface area contributed by atoms with Gasteiger partial charge in [0.1, 0.15) is 6.10 Å². The van der Waals surface area contributed by atoms with Gasteiger partial charge in [0.2, 0.25) is 5.91 Å². The number of carbonyl (C=O) groups is 2. The lowest BCUT2D eigenvalue weighted by Crippen LogP contribution is -2.23. The van der Waals surface area contributed by atoms with Crippen LogP contribution >= 0.6 is 0 Å².